The lowest BCUT2D eigenvalue weighted by Crippen LogP contribution is -2.27. The minimum atomic E-state index is -0.945. The fourth-order valence-electron chi connectivity index (χ4n) is 2.04. The van der Waals surface area contributed by atoms with E-state index in [9.17, 15) is 19.7 Å². The molecule has 0 spiro atoms. The van der Waals surface area contributed by atoms with E-state index in [-0.39, 0.29) is 22.1 Å². The maximum absolute atomic E-state index is 12.2. The van der Waals surface area contributed by atoms with Crippen molar-refractivity contribution in [2.45, 2.75) is 6.92 Å². The van der Waals surface area contributed by atoms with Crippen molar-refractivity contribution < 1.29 is 28.8 Å². The minimum Gasteiger partial charge on any atom is -0.467 e. The molecule has 2 aromatic rings. The fraction of sp³-hybridized carbons (Fsp3) is 0.176. The number of hydrogen-bond acceptors (Lipinski definition) is 7. The lowest BCUT2D eigenvalue weighted by Gasteiger charge is -2.12. The van der Waals surface area contributed by atoms with E-state index in [4.69, 9.17) is 27.9 Å². The summed E-state index contributed by atoms with van der Waals surface area (Å²) in [7, 11) is 1.14. The van der Waals surface area contributed by atoms with Crippen molar-refractivity contribution in [3.05, 3.63) is 61.6 Å². The highest BCUT2D eigenvalue weighted by atomic mass is 35.5. The summed E-state index contributed by atoms with van der Waals surface area (Å²) in [5.41, 5.74) is 1.71. The second kappa shape index (κ2) is 9.36. The van der Waals surface area contributed by atoms with Gasteiger partial charge in [0.15, 0.2) is 6.61 Å². The number of carbonyl (C=O) groups excluding carboxylic acids is 2. The number of ether oxygens (including phenoxy) is 2. The molecule has 0 saturated carbocycles. The van der Waals surface area contributed by atoms with Crippen molar-refractivity contribution in [3.63, 3.8) is 0 Å². The van der Waals surface area contributed by atoms with Crippen LogP contribution in [-0.4, -0.2) is 30.5 Å². The van der Waals surface area contributed by atoms with Crippen LogP contribution in [0.4, 0.5) is 5.69 Å². The Morgan fingerprint density at radius 2 is 1.93 bits per heavy atom. The van der Waals surface area contributed by atoms with Crippen LogP contribution < -0.4 is 10.2 Å². The fourth-order valence-corrected chi connectivity index (χ4v) is 2.45. The second-order valence-electron chi connectivity index (χ2n) is 5.32. The Bertz CT molecular complexity index is 934. The maximum Gasteiger partial charge on any atom is 0.334 e. The first-order chi connectivity index (χ1) is 13.2. The molecule has 0 unspecified atom stereocenters. The zero-order valence-corrected chi connectivity index (χ0v) is 16.2. The van der Waals surface area contributed by atoms with E-state index in [1.54, 1.807) is 13.0 Å². The first-order valence-corrected chi connectivity index (χ1v) is 8.40. The van der Waals surface area contributed by atoms with E-state index >= 15 is 0 Å². The number of nitrogens with zero attached hydrogens (tertiary/aromatic N) is 1. The van der Waals surface area contributed by atoms with Gasteiger partial charge in [-0.1, -0.05) is 23.2 Å². The van der Waals surface area contributed by atoms with Crippen LogP contribution in [-0.2, 0) is 14.4 Å². The SMILES string of the molecule is COC(=O)CONC(=O)c1cc(Oc2ccc(Cl)c(C)c2Cl)ccc1[N+](=O)[O-]. The summed E-state index contributed by atoms with van der Waals surface area (Å²) in [5, 5.41) is 11.9. The number of hydroxylamine groups is 1. The summed E-state index contributed by atoms with van der Waals surface area (Å²) < 4.78 is 9.97. The van der Waals surface area contributed by atoms with Gasteiger partial charge in [-0.05, 0) is 30.7 Å². The number of benzene rings is 2. The monoisotopic (exact) mass is 428 g/mol. The van der Waals surface area contributed by atoms with Gasteiger partial charge >= 0.3 is 5.97 Å². The van der Waals surface area contributed by atoms with Gasteiger partial charge < -0.3 is 9.47 Å². The van der Waals surface area contributed by atoms with Gasteiger partial charge in [0.05, 0.1) is 17.1 Å². The van der Waals surface area contributed by atoms with Gasteiger partial charge in [0.1, 0.15) is 17.1 Å². The van der Waals surface area contributed by atoms with Gasteiger partial charge in [-0.2, -0.15) is 0 Å². The predicted octanol–water partition coefficient (Wildman–Crippen LogP) is 3.84. The molecular formula is C17H14Cl2N2O7. The van der Waals surface area contributed by atoms with Crippen molar-refractivity contribution in [2.24, 2.45) is 0 Å². The van der Waals surface area contributed by atoms with Crippen LogP contribution in [0, 0.1) is 17.0 Å². The third-order valence-electron chi connectivity index (χ3n) is 3.50. The highest BCUT2D eigenvalue weighted by Gasteiger charge is 2.22. The van der Waals surface area contributed by atoms with Crippen LogP contribution in [0.1, 0.15) is 15.9 Å². The molecular weight excluding hydrogens is 415 g/mol. The molecule has 1 amide bonds. The molecule has 0 aliphatic heterocycles. The molecule has 0 saturated heterocycles. The Balaban J connectivity index is 2.27. The molecule has 1 N–H and O–H groups in total. The average Bonchev–Trinajstić information content (AvgIpc) is 2.67. The molecule has 0 radical (unpaired) electrons. The first kappa shape index (κ1) is 21.4. The number of esters is 1. The number of carbonyl (C=O) groups is 2. The lowest BCUT2D eigenvalue weighted by molar-refractivity contribution is -0.385. The molecule has 9 nitrogen and oxygen atoms in total. The number of methoxy groups -OCH3 is 1. The van der Waals surface area contributed by atoms with Crippen molar-refractivity contribution in [1.29, 1.82) is 0 Å². The number of hydrogen-bond donors (Lipinski definition) is 1. The number of nitrogens with one attached hydrogen (secondary N) is 1. The van der Waals surface area contributed by atoms with Crippen LogP contribution in [0.15, 0.2) is 30.3 Å². The Labute approximate surface area is 169 Å². The van der Waals surface area contributed by atoms with E-state index in [2.05, 4.69) is 9.57 Å². The smallest absolute Gasteiger partial charge is 0.334 e. The van der Waals surface area contributed by atoms with Crippen LogP contribution in [0.2, 0.25) is 10.0 Å². The molecule has 11 heteroatoms. The number of nitro benzene ring substituents is 1. The van der Waals surface area contributed by atoms with Crippen LogP contribution >= 0.6 is 23.2 Å². The Hall–Kier alpha value is -2.88. The van der Waals surface area contributed by atoms with Crippen molar-refractivity contribution in [1.82, 2.24) is 5.48 Å². The minimum absolute atomic E-state index is 0.118. The molecule has 0 atom stereocenters. The topological polar surface area (TPSA) is 117 Å². The summed E-state index contributed by atoms with van der Waals surface area (Å²) in [5.74, 6) is -1.31. The van der Waals surface area contributed by atoms with Crippen molar-refractivity contribution >= 4 is 40.8 Å². The van der Waals surface area contributed by atoms with Crippen molar-refractivity contribution in [3.8, 4) is 11.5 Å². The molecule has 148 valence electrons. The molecule has 0 aromatic heterocycles. The highest BCUT2D eigenvalue weighted by molar-refractivity contribution is 6.36. The second-order valence-corrected chi connectivity index (χ2v) is 6.10. The summed E-state index contributed by atoms with van der Waals surface area (Å²) in [4.78, 5) is 38.3. The quantitative estimate of drug-likeness (QED) is 0.404. The summed E-state index contributed by atoms with van der Waals surface area (Å²) in [6, 6.07) is 6.66. The van der Waals surface area contributed by atoms with E-state index in [1.807, 2.05) is 5.48 Å². The highest BCUT2D eigenvalue weighted by Crippen LogP contribution is 2.36. The van der Waals surface area contributed by atoms with E-state index in [0.29, 0.717) is 10.6 Å². The van der Waals surface area contributed by atoms with E-state index < -0.39 is 29.1 Å². The average molecular weight is 429 g/mol. The molecule has 28 heavy (non-hydrogen) atoms. The standard InChI is InChI=1S/C17H14Cl2N2O7/c1-9-12(18)4-6-14(16(9)19)28-10-3-5-13(21(24)25)11(7-10)17(23)20-27-8-15(22)26-2/h3-7H,8H2,1-2H3,(H,20,23). The number of halogens is 2. The van der Waals surface area contributed by atoms with Crippen LogP contribution in [0.25, 0.3) is 0 Å². The molecule has 0 heterocycles. The van der Waals surface area contributed by atoms with Gasteiger partial charge in [-0.25, -0.2) is 10.3 Å². The third-order valence-corrected chi connectivity index (χ3v) is 4.38. The number of rotatable bonds is 7. The maximum atomic E-state index is 12.2. The Kier molecular flexibility index (Phi) is 7.16. The van der Waals surface area contributed by atoms with Crippen molar-refractivity contribution in [2.75, 3.05) is 13.7 Å². The molecule has 0 fully saturated rings. The normalized spacial score (nSPS) is 10.3. The number of nitro groups is 1. The molecule has 0 aliphatic carbocycles. The largest absolute Gasteiger partial charge is 0.467 e. The molecule has 2 rings (SSSR count). The third kappa shape index (κ3) is 5.10. The zero-order valence-electron chi connectivity index (χ0n) is 14.7. The summed E-state index contributed by atoms with van der Waals surface area (Å²) in [6.45, 7) is 1.14. The Morgan fingerprint density at radius 1 is 1.21 bits per heavy atom. The van der Waals surface area contributed by atoms with E-state index in [0.717, 1.165) is 19.2 Å². The van der Waals surface area contributed by atoms with Gasteiger partial charge in [-0.3, -0.25) is 19.7 Å². The zero-order chi connectivity index (χ0) is 20.8. The number of amides is 1. The molecule has 0 bridgehead atoms. The summed E-state index contributed by atoms with van der Waals surface area (Å²) in [6.07, 6.45) is 0. The predicted molar refractivity (Wildman–Crippen MR) is 99.8 cm³/mol. The molecule has 2 aromatic carbocycles. The Morgan fingerprint density at radius 3 is 2.57 bits per heavy atom. The van der Waals surface area contributed by atoms with Gasteiger partial charge in [0.25, 0.3) is 11.6 Å². The van der Waals surface area contributed by atoms with Gasteiger partial charge in [0.2, 0.25) is 0 Å². The van der Waals surface area contributed by atoms with E-state index in [1.165, 1.54) is 12.1 Å². The first-order valence-electron chi connectivity index (χ1n) is 7.64. The van der Waals surface area contributed by atoms with Gasteiger partial charge in [0, 0.05) is 17.2 Å². The van der Waals surface area contributed by atoms with Crippen LogP contribution in [0.3, 0.4) is 0 Å². The lowest BCUT2D eigenvalue weighted by atomic mass is 10.1. The van der Waals surface area contributed by atoms with Gasteiger partial charge in [-0.15, -0.1) is 0 Å². The molecule has 0 aliphatic rings. The van der Waals surface area contributed by atoms with Crippen LogP contribution in [0.5, 0.6) is 11.5 Å². The summed E-state index contributed by atoms with van der Waals surface area (Å²) >= 11 is 12.2.